The van der Waals surface area contributed by atoms with Gasteiger partial charge >= 0.3 is 0 Å². The van der Waals surface area contributed by atoms with Crippen molar-refractivity contribution < 1.29 is 5.11 Å². The molecule has 2 N–H and O–H groups in total. The third-order valence-electron chi connectivity index (χ3n) is 4.92. The summed E-state index contributed by atoms with van der Waals surface area (Å²) in [5.74, 6) is 1.36. The zero-order valence-corrected chi connectivity index (χ0v) is 16.8. The minimum Gasteiger partial charge on any atom is -0.506 e. The van der Waals surface area contributed by atoms with Gasteiger partial charge < -0.3 is 20.2 Å². The van der Waals surface area contributed by atoms with Crippen LogP contribution in [0.15, 0.2) is 29.3 Å². The lowest BCUT2D eigenvalue weighted by atomic mass is 10.2. The van der Waals surface area contributed by atoms with E-state index >= 15 is 0 Å². The van der Waals surface area contributed by atoms with E-state index in [2.05, 4.69) is 47.7 Å². The van der Waals surface area contributed by atoms with E-state index in [4.69, 9.17) is 4.99 Å². The van der Waals surface area contributed by atoms with E-state index in [-0.39, 0.29) is 0 Å². The first-order valence-electron chi connectivity index (χ1n) is 9.87. The number of hydrogen-bond donors (Lipinski definition) is 2. The van der Waals surface area contributed by atoms with Crippen molar-refractivity contribution in [2.75, 3.05) is 57.3 Å². The molecular formula is C20H35N5O. The van der Waals surface area contributed by atoms with Crippen molar-refractivity contribution in [3.63, 3.8) is 0 Å². The van der Waals surface area contributed by atoms with E-state index in [0.717, 1.165) is 64.0 Å². The van der Waals surface area contributed by atoms with E-state index in [1.54, 1.807) is 6.07 Å². The summed E-state index contributed by atoms with van der Waals surface area (Å²) in [6.07, 6.45) is 0. The van der Waals surface area contributed by atoms with Crippen LogP contribution in [0.3, 0.4) is 0 Å². The number of para-hydroxylation sites is 2. The maximum absolute atomic E-state index is 10.1. The molecular weight excluding hydrogens is 326 g/mol. The summed E-state index contributed by atoms with van der Waals surface area (Å²) < 4.78 is 0. The molecule has 1 aliphatic rings. The molecule has 0 radical (unpaired) electrons. The molecule has 0 amide bonds. The Kier molecular flexibility index (Phi) is 8.04. The van der Waals surface area contributed by atoms with Crippen molar-refractivity contribution >= 4 is 11.6 Å². The summed E-state index contributed by atoms with van der Waals surface area (Å²) in [7, 11) is 0. The molecule has 0 unspecified atom stereocenters. The Morgan fingerprint density at radius 2 is 1.88 bits per heavy atom. The second-order valence-corrected chi connectivity index (χ2v) is 6.92. The summed E-state index contributed by atoms with van der Waals surface area (Å²) in [6.45, 7) is 16.1. The first-order valence-corrected chi connectivity index (χ1v) is 9.87. The number of phenolic OH excluding ortho intramolecular Hbond substituents is 1. The first kappa shape index (κ1) is 20.4. The molecule has 1 aromatic carbocycles. The fourth-order valence-electron chi connectivity index (χ4n) is 3.38. The first-order chi connectivity index (χ1) is 12.6. The van der Waals surface area contributed by atoms with Crippen LogP contribution in [0.25, 0.3) is 0 Å². The van der Waals surface area contributed by atoms with Crippen LogP contribution in [0.5, 0.6) is 5.75 Å². The van der Waals surface area contributed by atoms with E-state index in [1.807, 2.05) is 18.2 Å². The molecule has 1 saturated heterocycles. The number of nitrogens with one attached hydrogen (secondary N) is 1. The predicted octanol–water partition coefficient (Wildman–Crippen LogP) is 2.21. The second kappa shape index (κ2) is 10.3. The Labute approximate surface area is 158 Å². The van der Waals surface area contributed by atoms with Gasteiger partial charge in [-0.25, -0.2) is 0 Å². The lowest BCUT2D eigenvalue weighted by Crippen LogP contribution is -2.52. The molecule has 0 spiro atoms. The smallest absolute Gasteiger partial charge is 0.194 e. The highest BCUT2D eigenvalue weighted by molar-refractivity contribution is 5.80. The molecule has 0 atom stereocenters. The van der Waals surface area contributed by atoms with Gasteiger partial charge in [0.1, 0.15) is 5.75 Å². The second-order valence-electron chi connectivity index (χ2n) is 6.92. The Balaban J connectivity index is 1.93. The molecule has 2 rings (SSSR count). The van der Waals surface area contributed by atoms with Crippen LogP contribution in [-0.2, 0) is 0 Å². The zero-order valence-electron chi connectivity index (χ0n) is 16.8. The number of rotatable bonds is 7. The van der Waals surface area contributed by atoms with Crippen molar-refractivity contribution in [2.24, 2.45) is 4.99 Å². The average molecular weight is 362 g/mol. The summed E-state index contributed by atoms with van der Waals surface area (Å²) in [5.41, 5.74) is 0.921. The van der Waals surface area contributed by atoms with Crippen LogP contribution in [0.4, 0.5) is 5.69 Å². The molecule has 6 heteroatoms. The van der Waals surface area contributed by atoms with Crippen LogP contribution in [0.2, 0.25) is 0 Å². The zero-order chi connectivity index (χ0) is 18.9. The van der Waals surface area contributed by atoms with Gasteiger partial charge in [-0.1, -0.05) is 19.1 Å². The summed E-state index contributed by atoms with van der Waals surface area (Å²) in [5, 5.41) is 13.5. The third-order valence-corrected chi connectivity index (χ3v) is 4.92. The number of nitrogens with zero attached hydrogens (tertiary/aromatic N) is 4. The molecule has 6 nitrogen and oxygen atoms in total. The Morgan fingerprint density at radius 3 is 2.46 bits per heavy atom. The SMILES string of the molecule is CCNC(=NCCN(CC)C(C)C)N1CCN(c2ccccc2O)CC1. The average Bonchev–Trinajstić information content (AvgIpc) is 2.64. The van der Waals surface area contributed by atoms with Crippen LogP contribution in [0.1, 0.15) is 27.7 Å². The molecule has 0 bridgehead atoms. The van der Waals surface area contributed by atoms with Gasteiger partial charge in [-0.2, -0.15) is 0 Å². The summed E-state index contributed by atoms with van der Waals surface area (Å²) in [6, 6.07) is 8.12. The standard InChI is InChI=1S/C20H35N5O/c1-5-21-20(22-11-12-23(6-2)17(3)4)25-15-13-24(14-16-25)18-9-7-8-10-19(18)26/h7-10,17,26H,5-6,11-16H2,1-4H3,(H,21,22). The van der Waals surface area contributed by atoms with E-state index in [9.17, 15) is 5.11 Å². The Morgan fingerprint density at radius 1 is 1.19 bits per heavy atom. The molecule has 1 aliphatic heterocycles. The lowest BCUT2D eigenvalue weighted by Gasteiger charge is -2.38. The van der Waals surface area contributed by atoms with Crippen molar-refractivity contribution in [3.8, 4) is 5.75 Å². The van der Waals surface area contributed by atoms with E-state index in [1.165, 1.54) is 0 Å². The normalized spacial score (nSPS) is 15.8. The van der Waals surface area contributed by atoms with Crippen LogP contribution in [0, 0.1) is 0 Å². The van der Waals surface area contributed by atoms with Crippen LogP contribution in [-0.4, -0.2) is 79.3 Å². The van der Waals surface area contributed by atoms with Crippen LogP contribution < -0.4 is 10.2 Å². The van der Waals surface area contributed by atoms with Crippen molar-refractivity contribution in [1.82, 2.24) is 15.1 Å². The minimum absolute atomic E-state index is 0.356. The fraction of sp³-hybridized carbons (Fsp3) is 0.650. The van der Waals surface area contributed by atoms with Crippen molar-refractivity contribution in [2.45, 2.75) is 33.7 Å². The van der Waals surface area contributed by atoms with Gasteiger partial charge in [0.2, 0.25) is 0 Å². The van der Waals surface area contributed by atoms with Gasteiger partial charge in [-0.3, -0.25) is 9.89 Å². The van der Waals surface area contributed by atoms with Gasteiger partial charge in [-0.15, -0.1) is 0 Å². The number of anilines is 1. The monoisotopic (exact) mass is 361 g/mol. The van der Waals surface area contributed by atoms with Gasteiger partial charge in [0.15, 0.2) is 5.96 Å². The highest BCUT2D eigenvalue weighted by atomic mass is 16.3. The topological polar surface area (TPSA) is 54.3 Å². The maximum Gasteiger partial charge on any atom is 0.194 e. The fourth-order valence-corrected chi connectivity index (χ4v) is 3.38. The van der Waals surface area contributed by atoms with Crippen LogP contribution >= 0.6 is 0 Å². The largest absolute Gasteiger partial charge is 0.506 e. The number of aromatic hydroxyl groups is 1. The van der Waals surface area contributed by atoms with Gasteiger partial charge in [0.05, 0.1) is 12.2 Å². The maximum atomic E-state index is 10.1. The number of aliphatic imine (C=N–C) groups is 1. The number of likely N-dealkylation sites (N-methyl/N-ethyl adjacent to an activating group) is 1. The number of benzene rings is 1. The van der Waals surface area contributed by atoms with E-state index in [0.29, 0.717) is 11.8 Å². The van der Waals surface area contributed by atoms with Crippen molar-refractivity contribution in [3.05, 3.63) is 24.3 Å². The molecule has 146 valence electrons. The number of piperazine rings is 1. The number of hydrogen-bond acceptors (Lipinski definition) is 4. The quantitative estimate of drug-likeness (QED) is 0.576. The molecule has 0 aliphatic carbocycles. The van der Waals surface area contributed by atoms with Gasteiger partial charge in [0, 0.05) is 45.3 Å². The lowest BCUT2D eigenvalue weighted by molar-refractivity contribution is 0.240. The molecule has 1 fully saturated rings. The highest BCUT2D eigenvalue weighted by Gasteiger charge is 2.21. The Hall–Kier alpha value is -1.95. The number of phenols is 1. The molecule has 1 aromatic rings. The van der Waals surface area contributed by atoms with Gasteiger partial charge in [-0.05, 0) is 39.4 Å². The minimum atomic E-state index is 0.356. The Bertz CT molecular complexity index is 567. The molecule has 26 heavy (non-hydrogen) atoms. The molecule has 0 aromatic heterocycles. The summed E-state index contributed by atoms with van der Waals surface area (Å²) >= 11 is 0. The highest BCUT2D eigenvalue weighted by Crippen LogP contribution is 2.27. The molecule has 0 saturated carbocycles. The number of guanidine groups is 1. The third kappa shape index (κ3) is 5.53. The predicted molar refractivity (Wildman–Crippen MR) is 110 cm³/mol. The molecule has 1 heterocycles. The summed E-state index contributed by atoms with van der Waals surface area (Å²) in [4.78, 5) is 11.8. The van der Waals surface area contributed by atoms with Gasteiger partial charge in [0.25, 0.3) is 0 Å². The van der Waals surface area contributed by atoms with Crippen molar-refractivity contribution in [1.29, 1.82) is 0 Å². The van der Waals surface area contributed by atoms with E-state index < -0.39 is 0 Å².